The van der Waals surface area contributed by atoms with Crippen LogP contribution in [-0.2, 0) is 14.3 Å². The highest BCUT2D eigenvalue weighted by Gasteiger charge is 2.55. The van der Waals surface area contributed by atoms with E-state index in [0.29, 0.717) is 47.7 Å². The maximum atomic E-state index is 12.1. The summed E-state index contributed by atoms with van der Waals surface area (Å²) in [4.78, 5) is 22.7. The van der Waals surface area contributed by atoms with Crippen molar-refractivity contribution in [3.63, 3.8) is 0 Å². The molecule has 0 spiro atoms. The minimum atomic E-state index is -0.326. The highest BCUT2D eigenvalue weighted by molar-refractivity contribution is 5.93. The van der Waals surface area contributed by atoms with Gasteiger partial charge in [0.15, 0.2) is 5.78 Å². The van der Waals surface area contributed by atoms with Crippen LogP contribution in [0.2, 0.25) is 0 Å². The van der Waals surface area contributed by atoms with Gasteiger partial charge in [-0.3, -0.25) is 9.59 Å². The number of rotatable bonds is 4. The average molecular weight is 559 g/mol. The molecule has 0 amide bonds. The third-order valence-corrected chi connectivity index (χ3v) is 9.80. The molecule has 41 heavy (non-hydrogen) atoms. The van der Waals surface area contributed by atoms with Gasteiger partial charge in [0.05, 0.1) is 0 Å². The van der Waals surface area contributed by atoms with E-state index in [-0.39, 0.29) is 11.6 Å². The lowest BCUT2D eigenvalue weighted by Crippen LogP contribution is -2.43. The Morgan fingerprint density at radius 1 is 1.07 bits per heavy atom. The molecule has 1 aromatic rings. The molecule has 2 saturated carbocycles. The largest absolute Gasteiger partial charge is 0.460 e. The standard InChI is InChI=1S/C29H36O.C7H14O2.C2H4/c1-5-22-11-15-27-25-13-10-21-16-23(30)12-14-24(21)28(25)26(17-29(22,27)4)20-8-6-19(7-9-20)18(2)3;1-5-6(8)9-7(2,3)4;1-2/h5-9,16,18,22,25-27H,1,10-15,17H2,2-4H3;5H2,1-4H3;1-2H2. The number of ether oxygens (including phenoxy) is 1. The molecule has 0 heterocycles. The Labute approximate surface area is 250 Å². The summed E-state index contributed by atoms with van der Waals surface area (Å²) in [6, 6.07) is 9.49. The molecule has 0 N–H and O–H groups in total. The predicted molar refractivity (Wildman–Crippen MR) is 172 cm³/mol. The molecular formula is C38H54O3. The number of allylic oxidation sites excluding steroid dienone is 5. The summed E-state index contributed by atoms with van der Waals surface area (Å²) in [5.74, 6) is 3.34. The third kappa shape index (κ3) is 7.22. The summed E-state index contributed by atoms with van der Waals surface area (Å²) in [5, 5.41) is 0. The zero-order valence-electron chi connectivity index (χ0n) is 26.9. The average Bonchev–Trinajstić information content (AvgIpc) is 3.28. The fraction of sp³-hybridized carbons (Fsp3) is 0.579. The van der Waals surface area contributed by atoms with Gasteiger partial charge in [0.2, 0.25) is 0 Å². The quantitative estimate of drug-likeness (QED) is 0.273. The second-order valence-corrected chi connectivity index (χ2v) is 13.8. The van der Waals surface area contributed by atoms with E-state index in [0.717, 1.165) is 18.8 Å². The first-order valence-corrected chi connectivity index (χ1v) is 15.8. The molecule has 4 aliphatic rings. The van der Waals surface area contributed by atoms with E-state index < -0.39 is 0 Å². The summed E-state index contributed by atoms with van der Waals surface area (Å²) in [6.07, 6.45) is 12.5. The molecule has 0 bridgehead atoms. The maximum Gasteiger partial charge on any atom is 0.306 e. The summed E-state index contributed by atoms with van der Waals surface area (Å²) in [7, 11) is 0. The molecule has 5 rings (SSSR count). The van der Waals surface area contributed by atoms with Gasteiger partial charge in [-0.05, 0) is 117 Å². The fourth-order valence-corrected chi connectivity index (χ4v) is 7.91. The van der Waals surface area contributed by atoms with Crippen molar-refractivity contribution in [2.24, 2.45) is 23.2 Å². The van der Waals surface area contributed by atoms with Crippen LogP contribution in [0.15, 0.2) is 72.9 Å². The first-order valence-electron chi connectivity index (χ1n) is 15.8. The van der Waals surface area contributed by atoms with E-state index in [1.807, 2.05) is 26.8 Å². The van der Waals surface area contributed by atoms with E-state index in [9.17, 15) is 9.59 Å². The smallest absolute Gasteiger partial charge is 0.306 e. The first-order chi connectivity index (χ1) is 19.4. The lowest BCUT2D eigenvalue weighted by atomic mass is 9.52. The van der Waals surface area contributed by atoms with Crippen molar-refractivity contribution < 1.29 is 14.3 Å². The minimum Gasteiger partial charge on any atom is -0.460 e. The topological polar surface area (TPSA) is 43.4 Å². The van der Waals surface area contributed by atoms with E-state index in [4.69, 9.17) is 4.74 Å². The van der Waals surface area contributed by atoms with Gasteiger partial charge < -0.3 is 4.74 Å². The number of esters is 1. The van der Waals surface area contributed by atoms with Gasteiger partial charge in [-0.1, -0.05) is 63.6 Å². The number of hydrogen-bond acceptors (Lipinski definition) is 3. The van der Waals surface area contributed by atoms with Gasteiger partial charge in [-0.2, -0.15) is 0 Å². The minimum absolute atomic E-state index is 0.137. The molecule has 5 atom stereocenters. The van der Waals surface area contributed by atoms with Crippen LogP contribution in [0.1, 0.15) is 123 Å². The Morgan fingerprint density at radius 2 is 1.73 bits per heavy atom. The molecule has 0 aliphatic heterocycles. The van der Waals surface area contributed by atoms with Crippen LogP contribution in [0.3, 0.4) is 0 Å². The Kier molecular flexibility index (Phi) is 10.8. The van der Waals surface area contributed by atoms with Crippen molar-refractivity contribution in [1.29, 1.82) is 0 Å². The lowest BCUT2D eigenvalue weighted by Gasteiger charge is -2.52. The van der Waals surface area contributed by atoms with Crippen molar-refractivity contribution in [3.05, 3.63) is 84.0 Å². The zero-order chi connectivity index (χ0) is 30.5. The van der Waals surface area contributed by atoms with Crippen LogP contribution < -0.4 is 0 Å². The van der Waals surface area contributed by atoms with Crippen molar-refractivity contribution in [2.75, 3.05) is 0 Å². The highest BCUT2D eigenvalue weighted by atomic mass is 16.6. The predicted octanol–water partition coefficient (Wildman–Crippen LogP) is 10.1. The zero-order valence-corrected chi connectivity index (χ0v) is 26.9. The summed E-state index contributed by atoms with van der Waals surface area (Å²) in [6.45, 7) is 24.7. The van der Waals surface area contributed by atoms with Gasteiger partial charge in [0.25, 0.3) is 0 Å². The molecule has 4 aliphatic carbocycles. The van der Waals surface area contributed by atoms with Crippen LogP contribution in [0.25, 0.3) is 0 Å². The Bertz CT molecular complexity index is 1160. The van der Waals surface area contributed by atoms with E-state index in [2.05, 4.69) is 70.8 Å². The second kappa shape index (κ2) is 13.5. The molecule has 5 unspecified atom stereocenters. The molecule has 0 saturated heterocycles. The number of carbonyl (C=O) groups is 2. The normalized spacial score (nSPS) is 28.6. The fourth-order valence-electron chi connectivity index (χ4n) is 7.91. The van der Waals surface area contributed by atoms with Gasteiger partial charge in [-0.25, -0.2) is 0 Å². The van der Waals surface area contributed by atoms with Crippen LogP contribution in [0, 0.1) is 23.2 Å². The van der Waals surface area contributed by atoms with Crippen LogP contribution >= 0.6 is 0 Å². The van der Waals surface area contributed by atoms with Crippen molar-refractivity contribution in [1.82, 2.24) is 0 Å². The van der Waals surface area contributed by atoms with Crippen molar-refractivity contribution in [3.8, 4) is 0 Å². The number of fused-ring (bicyclic) bond motifs is 4. The summed E-state index contributed by atoms with van der Waals surface area (Å²) < 4.78 is 4.95. The van der Waals surface area contributed by atoms with Gasteiger partial charge in [0.1, 0.15) is 5.60 Å². The monoisotopic (exact) mass is 558 g/mol. The maximum absolute atomic E-state index is 12.1. The number of carbonyl (C=O) groups excluding carboxylic acids is 2. The number of ketones is 1. The molecule has 3 nitrogen and oxygen atoms in total. The van der Waals surface area contributed by atoms with E-state index in [1.165, 1.54) is 42.4 Å². The Hall–Kier alpha value is -2.68. The number of hydrogen-bond donors (Lipinski definition) is 0. The Morgan fingerprint density at radius 3 is 2.27 bits per heavy atom. The second-order valence-electron chi connectivity index (χ2n) is 13.8. The van der Waals surface area contributed by atoms with Crippen LogP contribution in [-0.4, -0.2) is 17.4 Å². The molecule has 1 aromatic carbocycles. The molecule has 0 radical (unpaired) electrons. The molecular weight excluding hydrogens is 504 g/mol. The van der Waals surface area contributed by atoms with Crippen molar-refractivity contribution in [2.45, 2.75) is 117 Å². The van der Waals surface area contributed by atoms with E-state index >= 15 is 0 Å². The van der Waals surface area contributed by atoms with Gasteiger partial charge in [0, 0.05) is 18.8 Å². The lowest BCUT2D eigenvalue weighted by molar-refractivity contribution is -0.154. The summed E-state index contributed by atoms with van der Waals surface area (Å²) in [5.41, 5.74) is 7.57. The van der Waals surface area contributed by atoms with Crippen LogP contribution in [0.5, 0.6) is 0 Å². The van der Waals surface area contributed by atoms with Gasteiger partial charge >= 0.3 is 5.97 Å². The first kappa shape index (κ1) is 32.8. The third-order valence-electron chi connectivity index (χ3n) is 9.80. The Balaban J connectivity index is 0.000000362. The molecule has 3 heteroatoms. The molecule has 224 valence electrons. The van der Waals surface area contributed by atoms with Crippen molar-refractivity contribution >= 4 is 11.8 Å². The van der Waals surface area contributed by atoms with Crippen LogP contribution in [0.4, 0.5) is 0 Å². The molecule has 2 fully saturated rings. The SMILES string of the molecule is C=C.C=CC1CCC2C3CCC4=CC(=O)CCC4=C3C(c3ccc(C(C)C)cc3)CC12C.CCC(=O)OC(C)(C)C. The van der Waals surface area contributed by atoms with Gasteiger partial charge in [-0.15, -0.1) is 19.7 Å². The number of benzene rings is 1. The summed E-state index contributed by atoms with van der Waals surface area (Å²) >= 11 is 0. The van der Waals surface area contributed by atoms with E-state index in [1.54, 1.807) is 18.1 Å². The molecule has 0 aromatic heterocycles. The highest BCUT2D eigenvalue weighted by Crippen LogP contribution is 2.65.